The molecule has 0 spiro atoms. The third-order valence-electron chi connectivity index (χ3n) is 7.00. The van der Waals surface area contributed by atoms with Crippen molar-refractivity contribution in [2.45, 2.75) is 57.6 Å². The molecule has 3 aromatic rings. The minimum absolute atomic E-state index is 0.00726. The summed E-state index contributed by atoms with van der Waals surface area (Å²) in [6.07, 6.45) is 7.42. The predicted molar refractivity (Wildman–Crippen MR) is 144 cm³/mol. The lowest BCUT2D eigenvalue weighted by Crippen LogP contribution is -2.41. The Morgan fingerprint density at radius 1 is 1.08 bits per heavy atom. The van der Waals surface area contributed by atoms with Gasteiger partial charge in [-0.05, 0) is 62.6 Å². The van der Waals surface area contributed by atoms with Crippen LogP contribution in [-0.2, 0) is 11.3 Å². The molecule has 1 aliphatic carbocycles. The smallest absolute Gasteiger partial charge is 0.244 e. The van der Waals surface area contributed by atoms with Crippen LogP contribution >= 0.6 is 0 Å². The van der Waals surface area contributed by atoms with Crippen LogP contribution in [0.5, 0.6) is 5.88 Å². The van der Waals surface area contributed by atoms with Crippen molar-refractivity contribution >= 4 is 23.0 Å². The van der Waals surface area contributed by atoms with E-state index in [4.69, 9.17) is 15.5 Å². The molecule has 1 aromatic heterocycles. The number of carbonyl (C=O) groups excluding carboxylic acids is 1. The van der Waals surface area contributed by atoms with E-state index in [1.165, 1.54) is 11.1 Å². The zero-order valence-corrected chi connectivity index (χ0v) is 20.8. The first kappa shape index (κ1) is 23.8. The molecule has 3 N–H and O–H groups in total. The Morgan fingerprint density at radius 2 is 1.81 bits per heavy atom. The van der Waals surface area contributed by atoms with E-state index >= 15 is 0 Å². The second kappa shape index (κ2) is 9.97. The van der Waals surface area contributed by atoms with Gasteiger partial charge in [0.15, 0.2) is 0 Å². The van der Waals surface area contributed by atoms with Crippen LogP contribution in [0, 0.1) is 0 Å². The summed E-state index contributed by atoms with van der Waals surface area (Å²) in [4.78, 5) is 21.5. The molecule has 0 saturated heterocycles. The SMILES string of the molecule is CC1(C)Oc2nccc(N)c2N=C1c1ccc(C2CCC(=CC(=O)NCc3ccccc3)CC2)cc1. The van der Waals surface area contributed by atoms with E-state index in [9.17, 15) is 4.79 Å². The van der Waals surface area contributed by atoms with Crippen LogP contribution in [-0.4, -0.2) is 22.2 Å². The number of nitrogen functional groups attached to an aromatic ring is 1. The van der Waals surface area contributed by atoms with Gasteiger partial charge in [-0.3, -0.25) is 4.79 Å². The molecule has 2 aromatic carbocycles. The van der Waals surface area contributed by atoms with Crippen LogP contribution < -0.4 is 15.8 Å². The van der Waals surface area contributed by atoms with Crippen molar-refractivity contribution in [3.05, 3.63) is 95.2 Å². The van der Waals surface area contributed by atoms with Gasteiger partial charge in [0, 0.05) is 24.4 Å². The van der Waals surface area contributed by atoms with E-state index in [0.29, 0.717) is 29.7 Å². The predicted octanol–water partition coefficient (Wildman–Crippen LogP) is 5.86. The van der Waals surface area contributed by atoms with Crippen molar-refractivity contribution < 1.29 is 9.53 Å². The highest BCUT2D eigenvalue weighted by Gasteiger charge is 2.34. The van der Waals surface area contributed by atoms with Gasteiger partial charge in [0.1, 0.15) is 11.3 Å². The average molecular weight is 481 g/mol. The Bertz CT molecular complexity index is 1300. The van der Waals surface area contributed by atoms with E-state index in [-0.39, 0.29) is 5.91 Å². The van der Waals surface area contributed by atoms with Gasteiger partial charge < -0.3 is 15.8 Å². The monoisotopic (exact) mass is 480 g/mol. The van der Waals surface area contributed by atoms with Crippen LogP contribution in [0.4, 0.5) is 11.4 Å². The summed E-state index contributed by atoms with van der Waals surface area (Å²) in [6.45, 7) is 4.55. The van der Waals surface area contributed by atoms with Gasteiger partial charge in [-0.2, -0.15) is 0 Å². The normalized spacial score (nSPS) is 18.4. The second-order valence-electron chi connectivity index (χ2n) is 10.0. The minimum Gasteiger partial charge on any atom is -0.463 e. The number of hydrogen-bond acceptors (Lipinski definition) is 5. The molecule has 2 heterocycles. The van der Waals surface area contributed by atoms with E-state index in [1.54, 1.807) is 18.3 Å². The number of ether oxygens (including phenoxy) is 1. The van der Waals surface area contributed by atoms with Gasteiger partial charge in [-0.15, -0.1) is 0 Å². The topological polar surface area (TPSA) is 89.6 Å². The van der Waals surface area contributed by atoms with Crippen molar-refractivity contribution in [1.29, 1.82) is 0 Å². The number of aliphatic imine (C=N–C) groups is 1. The molecule has 0 atom stereocenters. The molecule has 1 saturated carbocycles. The Labute approximate surface area is 212 Å². The molecule has 1 amide bonds. The molecule has 0 bridgehead atoms. The van der Waals surface area contributed by atoms with Crippen molar-refractivity contribution in [1.82, 2.24) is 10.3 Å². The van der Waals surface area contributed by atoms with Crippen LogP contribution in [0.25, 0.3) is 0 Å². The Hall–Kier alpha value is -3.93. The molecular weight excluding hydrogens is 448 g/mol. The number of rotatable bonds is 5. The lowest BCUT2D eigenvalue weighted by Gasteiger charge is -2.32. The molecule has 2 aliphatic rings. The molecule has 36 heavy (non-hydrogen) atoms. The molecule has 1 fully saturated rings. The lowest BCUT2D eigenvalue weighted by molar-refractivity contribution is -0.116. The minimum atomic E-state index is -0.610. The highest BCUT2D eigenvalue weighted by Crippen LogP contribution is 2.40. The number of aromatic nitrogens is 1. The number of amides is 1. The molecule has 6 nitrogen and oxygen atoms in total. The largest absolute Gasteiger partial charge is 0.463 e. The number of nitrogens with zero attached hydrogens (tertiary/aromatic N) is 2. The number of fused-ring (bicyclic) bond motifs is 1. The molecule has 0 unspecified atom stereocenters. The maximum atomic E-state index is 12.4. The van der Waals surface area contributed by atoms with Gasteiger partial charge in [0.25, 0.3) is 0 Å². The summed E-state index contributed by atoms with van der Waals surface area (Å²) in [5.41, 5.74) is 12.2. The number of nitrogens with two attached hydrogens (primary N) is 1. The van der Waals surface area contributed by atoms with Crippen molar-refractivity contribution in [2.75, 3.05) is 5.73 Å². The number of carbonyl (C=O) groups is 1. The molecular formula is C30H32N4O2. The van der Waals surface area contributed by atoms with Crippen LogP contribution in [0.3, 0.4) is 0 Å². The van der Waals surface area contributed by atoms with Gasteiger partial charge in [0.2, 0.25) is 11.8 Å². The summed E-state index contributed by atoms with van der Waals surface area (Å²) in [5, 5.41) is 2.99. The van der Waals surface area contributed by atoms with Crippen LogP contribution in [0.2, 0.25) is 0 Å². The van der Waals surface area contributed by atoms with Gasteiger partial charge in [-0.25, -0.2) is 9.98 Å². The Balaban J connectivity index is 1.22. The first-order valence-electron chi connectivity index (χ1n) is 12.5. The van der Waals surface area contributed by atoms with E-state index < -0.39 is 5.60 Å². The maximum absolute atomic E-state index is 12.4. The van der Waals surface area contributed by atoms with Crippen LogP contribution in [0.15, 0.2) is 83.5 Å². The van der Waals surface area contributed by atoms with Crippen molar-refractivity contribution in [2.24, 2.45) is 4.99 Å². The third-order valence-corrected chi connectivity index (χ3v) is 7.00. The number of hydrogen-bond donors (Lipinski definition) is 2. The van der Waals surface area contributed by atoms with Gasteiger partial charge >= 0.3 is 0 Å². The highest BCUT2D eigenvalue weighted by atomic mass is 16.5. The summed E-state index contributed by atoms with van der Waals surface area (Å²) in [7, 11) is 0. The second-order valence-corrected chi connectivity index (χ2v) is 10.0. The molecule has 184 valence electrons. The number of anilines is 1. The maximum Gasteiger partial charge on any atom is 0.244 e. The Morgan fingerprint density at radius 3 is 2.53 bits per heavy atom. The first-order chi connectivity index (χ1) is 17.4. The Kier molecular flexibility index (Phi) is 6.59. The number of benzene rings is 2. The molecule has 1 aliphatic heterocycles. The zero-order valence-electron chi connectivity index (χ0n) is 20.8. The first-order valence-corrected chi connectivity index (χ1v) is 12.5. The summed E-state index contributed by atoms with van der Waals surface area (Å²) >= 11 is 0. The molecule has 6 heteroatoms. The standard InChI is InChI=1S/C30H32N4O2/c1-30(2)28(34-27-25(31)16-17-32-29(27)36-30)24-14-12-23(13-15-24)22-10-8-20(9-11-22)18-26(35)33-19-21-6-4-3-5-7-21/h3-7,12-18,22H,8-11,19H2,1-2H3,(H2,31,32)(H,33,35). The fraction of sp³-hybridized carbons (Fsp3) is 0.300. The van der Waals surface area contributed by atoms with Gasteiger partial charge in [0.05, 0.1) is 11.4 Å². The van der Waals surface area contributed by atoms with E-state index in [2.05, 4.69) is 34.6 Å². The summed E-state index contributed by atoms with van der Waals surface area (Å²) in [5.74, 6) is 0.953. The zero-order chi connectivity index (χ0) is 25.1. The third kappa shape index (κ3) is 5.18. The lowest BCUT2D eigenvalue weighted by atomic mass is 9.81. The van der Waals surface area contributed by atoms with Crippen molar-refractivity contribution in [3.63, 3.8) is 0 Å². The summed E-state index contributed by atoms with van der Waals surface area (Å²) < 4.78 is 6.14. The summed E-state index contributed by atoms with van der Waals surface area (Å²) in [6, 6.07) is 20.4. The number of nitrogens with one attached hydrogen (secondary N) is 1. The van der Waals surface area contributed by atoms with Gasteiger partial charge in [-0.1, -0.05) is 60.2 Å². The molecule has 0 radical (unpaired) electrons. The quantitative estimate of drug-likeness (QED) is 0.448. The van der Waals surface area contributed by atoms with Crippen molar-refractivity contribution in [3.8, 4) is 5.88 Å². The highest BCUT2D eigenvalue weighted by molar-refractivity contribution is 6.09. The fourth-order valence-electron chi connectivity index (χ4n) is 4.99. The van der Waals surface area contributed by atoms with E-state index in [0.717, 1.165) is 42.5 Å². The van der Waals surface area contributed by atoms with Crippen LogP contribution in [0.1, 0.15) is 62.1 Å². The molecule has 5 rings (SSSR count). The average Bonchev–Trinajstić information content (AvgIpc) is 2.88. The fourth-order valence-corrected chi connectivity index (χ4v) is 4.99. The number of pyridine rings is 1. The van der Waals surface area contributed by atoms with E-state index in [1.807, 2.05) is 44.2 Å². The number of allylic oxidation sites excluding steroid dienone is 1.